The Kier molecular flexibility index (Phi) is 4.43. The van der Waals surface area contributed by atoms with Gasteiger partial charge in [0.1, 0.15) is 5.75 Å². The molecule has 0 bridgehead atoms. The second-order valence-electron chi connectivity index (χ2n) is 6.33. The molecule has 0 amide bonds. The number of carboxylic acid groups (broad SMARTS) is 1. The van der Waals surface area contributed by atoms with E-state index in [2.05, 4.69) is 15.9 Å². The Hall–Kier alpha value is -1.03. The SMILES string of the molecule is Cc1cc(Br)c(OCC2CC2)c(C(C)(C)CC(=O)O)c1. The van der Waals surface area contributed by atoms with E-state index in [-0.39, 0.29) is 6.42 Å². The zero-order valence-corrected chi connectivity index (χ0v) is 13.8. The molecule has 1 aromatic rings. The van der Waals surface area contributed by atoms with Crippen LogP contribution in [-0.2, 0) is 10.2 Å². The number of aliphatic carboxylic acids is 1. The molecule has 0 aromatic heterocycles. The van der Waals surface area contributed by atoms with Crippen LogP contribution in [-0.4, -0.2) is 17.7 Å². The summed E-state index contributed by atoms with van der Waals surface area (Å²) in [6.45, 7) is 6.63. The molecule has 0 atom stereocenters. The van der Waals surface area contributed by atoms with Gasteiger partial charge < -0.3 is 9.84 Å². The number of rotatable bonds is 6. The molecule has 1 fully saturated rings. The van der Waals surface area contributed by atoms with E-state index in [0.717, 1.165) is 28.0 Å². The fourth-order valence-electron chi connectivity index (χ4n) is 2.34. The van der Waals surface area contributed by atoms with Crippen LogP contribution < -0.4 is 4.74 Å². The summed E-state index contributed by atoms with van der Waals surface area (Å²) >= 11 is 3.55. The predicted octanol–water partition coefficient (Wildman–Crippen LogP) is 4.30. The maximum Gasteiger partial charge on any atom is 0.304 e. The van der Waals surface area contributed by atoms with Crippen molar-refractivity contribution in [2.24, 2.45) is 5.92 Å². The summed E-state index contributed by atoms with van der Waals surface area (Å²) < 4.78 is 6.88. The number of carbonyl (C=O) groups is 1. The molecule has 0 saturated heterocycles. The van der Waals surface area contributed by atoms with Gasteiger partial charge in [0, 0.05) is 11.0 Å². The van der Waals surface area contributed by atoms with Crippen LogP contribution in [0.1, 0.15) is 44.2 Å². The number of ether oxygens (including phenoxy) is 1. The molecule has 0 radical (unpaired) electrons. The second kappa shape index (κ2) is 5.76. The lowest BCUT2D eigenvalue weighted by atomic mass is 9.80. The second-order valence-corrected chi connectivity index (χ2v) is 7.19. The van der Waals surface area contributed by atoms with Crippen molar-refractivity contribution in [3.63, 3.8) is 0 Å². The minimum Gasteiger partial charge on any atom is -0.492 e. The molecule has 4 heteroatoms. The van der Waals surface area contributed by atoms with Crippen molar-refractivity contribution in [2.45, 2.75) is 45.4 Å². The molecule has 0 unspecified atom stereocenters. The number of hydrogen-bond acceptors (Lipinski definition) is 2. The van der Waals surface area contributed by atoms with E-state index in [4.69, 9.17) is 9.84 Å². The topological polar surface area (TPSA) is 46.5 Å². The Balaban J connectivity index is 2.34. The highest BCUT2D eigenvalue weighted by Gasteiger charge is 2.30. The molecule has 0 aliphatic heterocycles. The monoisotopic (exact) mass is 340 g/mol. The number of hydrogen-bond donors (Lipinski definition) is 1. The molecule has 20 heavy (non-hydrogen) atoms. The number of aryl methyl sites for hydroxylation is 1. The molecule has 110 valence electrons. The predicted molar refractivity (Wildman–Crippen MR) is 82.4 cm³/mol. The van der Waals surface area contributed by atoms with Crippen LogP contribution in [0.2, 0.25) is 0 Å². The van der Waals surface area contributed by atoms with Gasteiger partial charge >= 0.3 is 5.97 Å². The minimum atomic E-state index is -0.791. The first-order valence-corrected chi connectivity index (χ1v) is 7.74. The first-order valence-electron chi connectivity index (χ1n) is 6.95. The van der Waals surface area contributed by atoms with E-state index in [0.29, 0.717) is 5.92 Å². The van der Waals surface area contributed by atoms with Crippen molar-refractivity contribution in [1.82, 2.24) is 0 Å². The van der Waals surface area contributed by atoms with Crippen LogP contribution in [0.25, 0.3) is 0 Å². The van der Waals surface area contributed by atoms with Gasteiger partial charge in [0.15, 0.2) is 0 Å². The van der Waals surface area contributed by atoms with Crippen molar-refractivity contribution in [3.8, 4) is 5.75 Å². The van der Waals surface area contributed by atoms with E-state index in [9.17, 15) is 4.79 Å². The molecule has 1 aromatic carbocycles. The molecule has 0 spiro atoms. The molecule has 3 nitrogen and oxygen atoms in total. The zero-order chi connectivity index (χ0) is 14.9. The lowest BCUT2D eigenvalue weighted by Crippen LogP contribution is -2.23. The standard InChI is InChI=1S/C16H21BrO3/c1-10-6-12(16(2,3)8-14(18)19)15(13(17)7-10)20-9-11-4-5-11/h6-7,11H,4-5,8-9H2,1-3H3,(H,18,19). The third-order valence-corrected chi connectivity index (χ3v) is 4.26. The summed E-state index contributed by atoms with van der Waals surface area (Å²) in [5.41, 5.74) is 1.61. The Morgan fingerprint density at radius 1 is 1.45 bits per heavy atom. The van der Waals surface area contributed by atoms with Gasteiger partial charge in [-0.2, -0.15) is 0 Å². The Morgan fingerprint density at radius 3 is 2.65 bits per heavy atom. The summed E-state index contributed by atoms with van der Waals surface area (Å²) in [5, 5.41) is 9.12. The van der Waals surface area contributed by atoms with E-state index in [1.54, 1.807) is 0 Å². The number of halogens is 1. The third kappa shape index (κ3) is 3.75. The van der Waals surface area contributed by atoms with Crippen molar-refractivity contribution < 1.29 is 14.6 Å². The van der Waals surface area contributed by atoms with Gasteiger partial charge in [-0.15, -0.1) is 0 Å². The van der Waals surface area contributed by atoms with Crippen molar-refractivity contribution in [2.75, 3.05) is 6.61 Å². The average Bonchev–Trinajstić information content (AvgIpc) is 3.09. The maximum atomic E-state index is 11.1. The van der Waals surface area contributed by atoms with E-state index < -0.39 is 11.4 Å². The zero-order valence-electron chi connectivity index (χ0n) is 12.2. The van der Waals surface area contributed by atoms with Gasteiger partial charge in [-0.25, -0.2) is 0 Å². The van der Waals surface area contributed by atoms with Crippen LogP contribution in [0, 0.1) is 12.8 Å². The average molecular weight is 341 g/mol. The highest BCUT2D eigenvalue weighted by Crippen LogP contribution is 2.41. The van der Waals surface area contributed by atoms with Crippen LogP contribution in [0.15, 0.2) is 16.6 Å². The summed E-state index contributed by atoms with van der Waals surface area (Å²) in [7, 11) is 0. The van der Waals surface area contributed by atoms with Gasteiger partial charge in [0.25, 0.3) is 0 Å². The molecule has 1 saturated carbocycles. The Morgan fingerprint density at radius 2 is 2.10 bits per heavy atom. The van der Waals surface area contributed by atoms with Crippen molar-refractivity contribution >= 4 is 21.9 Å². The van der Waals surface area contributed by atoms with Crippen molar-refractivity contribution in [3.05, 3.63) is 27.7 Å². The molecule has 1 aliphatic rings. The van der Waals surface area contributed by atoms with Gasteiger partial charge in [0.2, 0.25) is 0 Å². The lowest BCUT2D eigenvalue weighted by Gasteiger charge is -2.27. The van der Waals surface area contributed by atoms with E-state index in [1.807, 2.05) is 32.9 Å². The fourth-order valence-corrected chi connectivity index (χ4v) is 3.03. The Bertz CT molecular complexity index is 519. The van der Waals surface area contributed by atoms with Gasteiger partial charge in [0.05, 0.1) is 17.5 Å². The minimum absolute atomic E-state index is 0.0860. The smallest absolute Gasteiger partial charge is 0.304 e. The molecule has 1 N–H and O–H groups in total. The largest absolute Gasteiger partial charge is 0.492 e. The Labute approximate surface area is 128 Å². The van der Waals surface area contributed by atoms with E-state index in [1.165, 1.54) is 12.8 Å². The van der Waals surface area contributed by atoms with Gasteiger partial charge in [-0.05, 0) is 53.2 Å². The summed E-state index contributed by atoms with van der Waals surface area (Å²) in [5.74, 6) is 0.674. The highest BCUT2D eigenvalue weighted by atomic mass is 79.9. The highest BCUT2D eigenvalue weighted by molar-refractivity contribution is 9.10. The first kappa shape index (κ1) is 15.4. The summed E-state index contributed by atoms with van der Waals surface area (Å²) in [4.78, 5) is 11.1. The summed E-state index contributed by atoms with van der Waals surface area (Å²) in [6.07, 6.45) is 2.55. The van der Waals surface area contributed by atoms with Crippen LogP contribution in [0.5, 0.6) is 5.75 Å². The normalized spacial score (nSPS) is 15.2. The summed E-state index contributed by atoms with van der Waals surface area (Å²) in [6, 6.07) is 4.05. The third-order valence-electron chi connectivity index (χ3n) is 3.67. The van der Waals surface area contributed by atoms with E-state index >= 15 is 0 Å². The molecular formula is C16H21BrO3. The van der Waals surface area contributed by atoms with Gasteiger partial charge in [-0.3, -0.25) is 4.79 Å². The molecule has 2 rings (SSSR count). The first-order chi connectivity index (χ1) is 9.29. The molecular weight excluding hydrogens is 320 g/mol. The molecule has 1 aliphatic carbocycles. The van der Waals surface area contributed by atoms with Gasteiger partial charge in [-0.1, -0.05) is 19.9 Å². The van der Waals surface area contributed by atoms with Crippen LogP contribution in [0.3, 0.4) is 0 Å². The van der Waals surface area contributed by atoms with Crippen LogP contribution in [0.4, 0.5) is 0 Å². The van der Waals surface area contributed by atoms with Crippen molar-refractivity contribution in [1.29, 1.82) is 0 Å². The van der Waals surface area contributed by atoms with Crippen LogP contribution >= 0.6 is 15.9 Å². The number of benzene rings is 1. The fraction of sp³-hybridized carbons (Fsp3) is 0.562. The maximum absolute atomic E-state index is 11.1. The molecule has 0 heterocycles. The quantitative estimate of drug-likeness (QED) is 0.839. The number of carboxylic acids is 1. The lowest BCUT2D eigenvalue weighted by molar-refractivity contribution is -0.138.